The molecule has 2 fully saturated rings. The number of allylic oxidation sites excluding steroid dienone is 2. The van der Waals surface area contributed by atoms with E-state index in [1.165, 1.54) is 5.56 Å². The van der Waals surface area contributed by atoms with E-state index in [0.29, 0.717) is 18.0 Å². The Kier molecular flexibility index (Phi) is 9.20. The number of aliphatic hydroxyl groups excluding tert-OH is 2. The van der Waals surface area contributed by atoms with Crippen molar-refractivity contribution < 1.29 is 36.4 Å². The summed E-state index contributed by atoms with van der Waals surface area (Å²) in [5.41, 5.74) is 2.38. The van der Waals surface area contributed by atoms with Crippen LogP contribution in [0.4, 0.5) is 18.9 Å². The van der Waals surface area contributed by atoms with E-state index >= 15 is 0 Å². The van der Waals surface area contributed by atoms with Crippen LogP contribution in [0.15, 0.2) is 42.3 Å². The van der Waals surface area contributed by atoms with Crippen LogP contribution < -0.4 is 4.72 Å². The van der Waals surface area contributed by atoms with Crippen molar-refractivity contribution in [2.24, 2.45) is 16.7 Å². The zero-order valence-corrected chi connectivity index (χ0v) is 23.2. The first-order valence-electron chi connectivity index (χ1n) is 14.0. The van der Waals surface area contributed by atoms with E-state index in [9.17, 15) is 36.4 Å². The molecule has 218 valence electrons. The normalized spacial score (nSPS) is 30.9. The fourth-order valence-corrected chi connectivity index (χ4v) is 8.18. The topological polar surface area (TPSA) is 107 Å². The molecule has 3 unspecified atom stereocenters. The molecule has 4 N–H and O–H groups in total. The van der Waals surface area contributed by atoms with Gasteiger partial charge < -0.3 is 10.2 Å². The number of fused-ring (bicyclic) bond motifs is 5. The first-order valence-corrected chi connectivity index (χ1v) is 15.4. The smallest absolute Gasteiger partial charge is 0.357 e. The molecule has 0 bridgehead atoms. The lowest BCUT2D eigenvalue weighted by molar-refractivity contribution is -0.0530. The minimum atomic E-state index is -4.35. The van der Waals surface area contributed by atoms with Gasteiger partial charge in [-0.1, -0.05) is 44.4 Å². The Balaban J connectivity index is 1.45. The molecule has 3 aliphatic rings. The molecule has 0 radical (unpaired) electrons. The lowest BCUT2D eigenvalue weighted by Gasteiger charge is -2.57. The van der Waals surface area contributed by atoms with E-state index < -0.39 is 28.3 Å². The molecular weight excluding hydrogens is 531 g/mol. The molecule has 0 heterocycles. The Morgan fingerprint density at radius 2 is 1.87 bits per heavy atom. The van der Waals surface area contributed by atoms with Gasteiger partial charge >= 0.3 is 16.4 Å². The maximum absolute atomic E-state index is 13.0. The fraction of sp³-hybridized carbons (Fsp3) is 0.655. The zero-order valence-electron chi connectivity index (χ0n) is 22.4. The molecule has 0 aromatic heterocycles. The molecule has 0 saturated heterocycles. The number of benzene rings is 1. The Morgan fingerprint density at radius 3 is 2.59 bits per heavy atom. The molecule has 0 aliphatic heterocycles. The molecule has 0 spiro atoms. The van der Waals surface area contributed by atoms with Gasteiger partial charge in [0.25, 0.3) is 0 Å². The summed E-state index contributed by atoms with van der Waals surface area (Å²) < 4.78 is 71.5. The average Bonchev–Trinajstić information content (AvgIpc) is 3.18. The second-order valence-electron chi connectivity index (χ2n) is 11.9. The number of unbranched alkanes of at least 4 members (excludes halogenated alkanes) is 4. The first-order chi connectivity index (χ1) is 18.4. The molecule has 4 rings (SSSR count). The molecule has 6 atom stereocenters. The molecular formula is C29H40F3NO5S. The van der Waals surface area contributed by atoms with E-state index in [0.717, 1.165) is 69.8 Å². The highest BCUT2D eigenvalue weighted by Crippen LogP contribution is 2.67. The molecule has 6 nitrogen and oxygen atoms in total. The van der Waals surface area contributed by atoms with Crippen molar-refractivity contribution in [3.05, 3.63) is 53.4 Å². The predicted octanol–water partition coefficient (Wildman–Crippen LogP) is 6.82. The highest BCUT2D eigenvalue weighted by atomic mass is 32.2. The third-order valence-electron chi connectivity index (χ3n) is 9.65. The van der Waals surface area contributed by atoms with E-state index in [-0.39, 0.29) is 29.3 Å². The summed E-state index contributed by atoms with van der Waals surface area (Å²) >= 11 is 0. The number of hydrogen-bond acceptors (Lipinski definition) is 4. The third kappa shape index (κ3) is 6.39. The number of halogens is 3. The van der Waals surface area contributed by atoms with Crippen LogP contribution in [0.5, 0.6) is 0 Å². The van der Waals surface area contributed by atoms with E-state index in [1.54, 1.807) is 6.07 Å². The molecule has 2 saturated carbocycles. The summed E-state index contributed by atoms with van der Waals surface area (Å²) in [5.74, 6) is -1.15. The van der Waals surface area contributed by atoms with Crippen LogP contribution in [0.25, 0.3) is 0 Å². The Bertz CT molecular complexity index is 1200. The van der Waals surface area contributed by atoms with Crippen molar-refractivity contribution in [2.75, 3.05) is 4.72 Å². The van der Waals surface area contributed by atoms with Crippen LogP contribution in [0.1, 0.15) is 94.6 Å². The fourth-order valence-electron chi connectivity index (χ4n) is 7.75. The van der Waals surface area contributed by atoms with Gasteiger partial charge in [0.05, 0.1) is 11.8 Å². The quantitative estimate of drug-likeness (QED) is 0.132. The van der Waals surface area contributed by atoms with Gasteiger partial charge in [-0.3, -0.25) is 9.27 Å². The van der Waals surface area contributed by atoms with Crippen LogP contribution in [0.3, 0.4) is 0 Å². The highest BCUT2D eigenvalue weighted by molar-refractivity contribution is 7.87. The minimum Gasteiger partial charge on any atom is -0.393 e. The van der Waals surface area contributed by atoms with Gasteiger partial charge in [-0.25, -0.2) is 4.39 Å². The summed E-state index contributed by atoms with van der Waals surface area (Å²) in [6, 6.07) is 5.49. The third-order valence-corrected chi connectivity index (χ3v) is 10.1. The maximum atomic E-state index is 13.0. The van der Waals surface area contributed by atoms with Crippen molar-refractivity contribution in [3.63, 3.8) is 0 Å². The second-order valence-corrected chi connectivity index (χ2v) is 13.0. The van der Waals surface area contributed by atoms with Crippen molar-refractivity contribution in [3.8, 4) is 0 Å². The first kappa shape index (κ1) is 30.1. The molecule has 3 aliphatic carbocycles. The molecule has 0 amide bonds. The Labute approximate surface area is 229 Å². The second kappa shape index (κ2) is 11.9. The van der Waals surface area contributed by atoms with E-state index in [1.807, 2.05) is 12.1 Å². The van der Waals surface area contributed by atoms with E-state index in [4.69, 9.17) is 0 Å². The minimum absolute atomic E-state index is 0.0206. The summed E-state index contributed by atoms with van der Waals surface area (Å²) in [6.07, 6.45) is 9.14. The maximum Gasteiger partial charge on any atom is 0.357 e. The average molecular weight is 572 g/mol. The van der Waals surface area contributed by atoms with Crippen LogP contribution in [0, 0.1) is 16.7 Å². The SMILES string of the molecule is C[C@]12CCC3c4ccc(NS(=O)(=O)O)cc4CCC3(C=CCCCCCC[C@H](O)C(F)=C(F)F)C1CC[C@@H]2O. The van der Waals surface area contributed by atoms with Gasteiger partial charge in [-0.2, -0.15) is 17.2 Å². The standard InChI is InChI=1S/C29H40F3NO5S/c1-28-16-14-22-21-10-9-20(33-39(36,37)38)18-19(21)13-17-29(22,24(28)11-12-25(28)35)15-7-5-3-2-4-6-8-23(34)26(30)27(31)32/h7,9-10,15,18,22-25,33-35H,2-6,8,11-14,16-17H2,1H3,(H,36,37,38)/t22?,23-,24?,25-,28-,29?/m0/s1. The lowest BCUT2D eigenvalue weighted by Crippen LogP contribution is -2.50. The number of rotatable bonds is 11. The summed E-state index contributed by atoms with van der Waals surface area (Å²) in [4.78, 5) is 0. The van der Waals surface area contributed by atoms with E-state index in [2.05, 4.69) is 23.8 Å². The van der Waals surface area contributed by atoms with Gasteiger partial charge in [0.1, 0.15) is 6.10 Å². The molecule has 10 heteroatoms. The van der Waals surface area contributed by atoms with Gasteiger partial charge in [0.2, 0.25) is 0 Å². The number of anilines is 1. The summed E-state index contributed by atoms with van der Waals surface area (Å²) in [7, 11) is -4.35. The Morgan fingerprint density at radius 1 is 1.13 bits per heavy atom. The van der Waals surface area contributed by atoms with Gasteiger partial charge in [-0.15, -0.1) is 0 Å². The predicted molar refractivity (Wildman–Crippen MR) is 144 cm³/mol. The van der Waals surface area contributed by atoms with Crippen LogP contribution in [-0.4, -0.2) is 35.4 Å². The Hall–Kier alpha value is -1.88. The molecule has 1 aromatic rings. The number of nitrogens with one attached hydrogen (secondary N) is 1. The lowest BCUT2D eigenvalue weighted by atomic mass is 9.47. The monoisotopic (exact) mass is 571 g/mol. The van der Waals surface area contributed by atoms with Crippen molar-refractivity contribution in [1.29, 1.82) is 0 Å². The number of hydrogen-bond donors (Lipinski definition) is 4. The zero-order chi connectivity index (χ0) is 28.4. The van der Waals surface area contributed by atoms with Gasteiger partial charge in [-0.05, 0) is 104 Å². The number of aliphatic hydroxyl groups is 2. The van der Waals surface area contributed by atoms with Gasteiger partial charge in [0.15, 0.2) is 5.83 Å². The largest absolute Gasteiger partial charge is 0.393 e. The summed E-state index contributed by atoms with van der Waals surface area (Å²) in [6.45, 7) is 2.22. The molecule has 39 heavy (non-hydrogen) atoms. The van der Waals surface area contributed by atoms with Crippen molar-refractivity contribution in [1.82, 2.24) is 0 Å². The van der Waals surface area contributed by atoms with Crippen LogP contribution in [0.2, 0.25) is 0 Å². The van der Waals surface area contributed by atoms with Crippen molar-refractivity contribution >= 4 is 16.0 Å². The van der Waals surface area contributed by atoms with Crippen molar-refractivity contribution in [2.45, 2.75) is 102 Å². The van der Waals surface area contributed by atoms with Crippen LogP contribution in [-0.2, 0) is 16.7 Å². The van der Waals surface area contributed by atoms with Crippen LogP contribution >= 0.6 is 0 Å². The molecule has 1 aromatic carbocycles. The highest BCUT2D eigenvalue weighted by Gasteiger charge is 2.60. The summed E-state index contributed by atoms with van der Waals surface area (Å²) in [5, 5.41) is 20.4. The number of aryl methyl sites for hydroxylation is 1. The van der Waals surface area contributed by atoms with Gasteiger partial charge in [0, 0.05) is 0 Å².